The maximum atomic E-state index is 9.97. The molecular formula is C13H25N3O3. The second kappa shape index (κ2) is 8.24. The first-order valence-corrected chi connectivity index (χ1v) is 6.81. The molecule has 1 aromatic rings. The molecule has 0 aliphatic heterocycles. The predicted octanol–water partition coefficient (Wildman–Crippen LogP) is 0.815. The molecule has 2 unspecified atom stereocenters. The monoisotopic (exact) mass is 271 g/mol. The molecule has 1 aromatic heterocycles. The summed E-state index contributed by atoms with van der Waals surface area (Å²) in [4.78, 5) is 4.40. The molecule has 0 saturated heterocycles. The standard InChI is InChI=1S/C13H25N3O3/c1-5-12-14-13(6-2)16(15-12)7-11(17)9-19-10(3)8-18-4/h10-11,17H,5-9H2,1-4H3. The number of methoxy groups -OCH3 is 1. The van der Waals surface area contributed by atoms with Gasteiger partial charge < -0.3 is 14.6 Å². The maximum Gasteiger partial charge on any atom is 0.150 e. The number of aryl methyl sites for hydroxylation is 2. The smallest absolute Gasteiger partial charge is 0.150 e. The van der Waals surface area contributed by atoms with E-state index in [9.17, 15) is 5.11 Å². The summed E-state index contributed by atoms with van der Waals surface area (Å²) in [6.07, 6.45) is 1.00. The van der Waals surface area contributed by atoms with Crippen molar-refractivity contribution < 1.29 is 14.6 Å². The van der Waals surface area contributed by atoms with Gasteiger partial charge in [-0.05, 0) is 6.92 Å². The van der Waals surface area contributed by atoms with Crippen molar-refractivity contribution in [1.29, 1.82) is 0 Å². The van der Waals surface area contributed by atoms with Gasteiger partial charge in [0.05, 0.1) is 32.0 Å². The number of aliphatic hydroxyl groups is 1. The minimum absolute atomic E-state index is 0.0211. The summed E-state index contributed by atoms with van der Waals surface area (Å²) < 4.78 is 12.2. The van der Waals surface area contributed by atoms with Crippen LogP contribution in [0.5, 0.6) is 0 Å². The third kappa shape index (κ3) is 5.26. The van der Waals surface area contributed by atoms with Crippen molar-refractivity contribution in [3.63, 3.8) is 0 Å². The van der Waals surface area contributed by atoms with E-state index < -0.39 is 6.10 Å². The molecule has 0 bridgehead atoms. The topological polar surface area (TPSA) is 69.4 Å². The van der Waals surface area contributed by atoms with Crippen molar-refractivity contribution in [3.8, 4) is 0 Å². The Balaban J connectivity index is 2.47. The van der Waals surface area contributed by atoms with Crippen LogP contribution in [-0.4, -0.2) is 52.4 Å². The molecule has 0 aromatic carbocycles. The van der Waals surface area contributed by atoms with E-state index in [-0.39, 0.29) is 12.7 Å². The van der Waals surface area contributed by atoms with Crippen LogP contribution in [0.1, 0.15) is 32.4 Å². The first-order valence-electron chi connectivity index (χ1n) is 6.81. The zero-order valence-corrected chi connectivity index (χ0v) is 12.3. The fraction of sp³-hybridized carbons (Fsp3) is 0.846. The number of nitrogens with zero attached hydrogens (tertiary/aromatic N) is 3. The second-order valence-corrected chi connectivity index (χ2v) is 4.59. The number of aliphatic hydroxyl groups excluding tert-OH is 1. The van der Waals surface area contributed by atoms with Crippen LogP contribution in [0, 0.1) is 0 Å². The zero-order chi connectivity index (χ0) is 14.3. The van der Waals surface area contributed by atoms with Crippen LogP contribution in [-0.2, 0) is 28.9 Å². The Hall–Kier alpha value is -0.980. The van der Waals surface area contributed by atoms with Gasteiger partial charge in [-0.3, -0.25) is 0 Å². The summed E-state index contributed by atoms with van der Waals surface area (Å²) >= 11 is 0. The fourth-order valence-electron chi connectivity index (χ4n) is 1.79. The lowest BCUT2D eigenvalue weighted by atomic mass is 10.3. The van der Waals surface area contributed by atoms with E-state index in [0.29, 0.717) is 13.2 Å². The first-order chi connectivity index (χ1) is 9.10. The van der Waals surface area contributed by atoms with Gasteiger partial charge in [0.15, 0.2) is 5.82 Å². The molecule has 0 spiro atoms. The molecule has 6 nitrogen and oxygen atoms in total. The van der Waals surface area contributed by atoms with E-state index in [2.05, 4.69) is 10.1 Å². The number of hydrogen-bond donors (Lipinski definition) is 1. The Morgan fingerprint density at radius 2 is 2.00 bits per heavy atom. The molecule has 0 amide bonds. The van der Waals surface area contributed by atoms with Gasteiger partial charge in [-0.15, -0.1) is 0 Å². The Labute approximate surface area is 114 Å². The zero-order valence-electron chi connectivity index (χ0n) is 12.3. The number of rotatable bonds is 9. The second-order valence-electron chi connectivity index (χ2n) is 4.59. The molecule has 2 atom stereocenters. The van der Waals surface area contributed by atoms with Gasteiger partial charge in [-0.1, -0.05) is 13.8 Å². The van der Waals surface area contributed by atoms with Crippen molar-refractivity contribution in [1.82, 2.24) is 14.8 Å². The minimum atomic E-state index is -0.587. The van der Waals surface area contributed by atoms with Crippen molar-refractivity contribution in [2.24, 2.45) is 0 Å². The maximum absolute atomic E-state index is 9.97. The van der Waals surface area contributed by atoms with E-state index in [4.69, 9.17) is 9.47 Å². The van der Waals surface area contributed by atoms with Crippen LogP contribution in [0.4, 0.5) is 0 Å². The third-order valence-corrected chi connectivity index (χ3v) is 2.78. The highest BCUT2D eigenvalue weighted by molar-refractivity contribution is 4.93. The van der Waals surface area contributed by atoms with Crippen molar-refractivity contribution in [3.05, 3.63) is 11.6 Å². The molecule has 0 saturated carbocycles. The molecule has 1 rings (SSSR count). The summed E-state index contributed by atoms with van der Waals surface area (Å²) in [6.45, 7) is 7.17. The van der Waals surface area contributed by atoms with E-state index in [0.717, 1.165) is 24.5 Å². The van der Waals surface area contributed by atoms with Crippen LogP contribution in [0.2, 0.25) is 0 Å². The highest BCUT2D eigenvalue weighted by atomic mass is 16.5. The van der Waals surface area contributed by atoms with Gasteiger partial charge in [-0.2, -0.15) is 5.10 Å². The van der Waals surface area contributed by atoms with Gasteiger partial charge >= 0.3 is 0 Å². The molecular weight excluding hydrogens is 246 g/mol. The molecule has 0 aliphatic carbocycles. The van der Waals surface area contributed by atoms with Gasteiger partial charge in [0.2, 0.25) is 0 Å². The SMILES string of the molecule is CCc1nc(CC)n(CC(O)COC(C)COC)n1. The molecule has 1 heterocycles. The molecule has 0 aliphatic rings. The molecule has 6 heteroatoms. The molecule has 0 fully saturated rings. The summed E-state index contributed by atoms with van der Waals surface area (Å²) in [5.74, 6) is 1.72. The Morgan fingerprint density at radius 1 is 1.26 bits per heavy atom. The Bertz CT molecular complexity index is 368. The van der Waals surface area contributed by atoms with Crippen LogP contribution < -0.4 is 0 Å². The van der Waals surface area contributed by atoms with Crippen molar-refractivity contribution >= 4 is 0 Å². The Kier molecular flexibility index (Phi) is 6.97. The van der Waals surface area contributed by atoms with E-state index in [1.165, 1.54) is 0 Å². The average Bonchev–Trinajstić information content (AvgIpc) is 2.79. The summed E-state index contributed by atoms with van der Waals surface area (Å²) in [5, 5.41) is 14.3. The van der Waals surface area contributed by atoms with Crippen molar-refractivity contribution in [2.75, 3.05) is 20.3 Å². The van der Waals surface area contributed by atoms with Crippen molar-refractivity contribution in [2.45, 2.75) is 52.4 Å². The quantitative estimate of drug-likeness (QED) is 0.720. The first kappa shape index (κ1) is 16.1. The van der Waals surface area contributed by atoms with Gasteiger partial charge in [0.1, 0.15) is 5.82 Å². The number of hydrogen-bond acceptors (Lipinski definition) is 5. The summed E-state index contributed by atoms with van der Waals surface area (Å²) in [5.41, 5.74) is 0. The Morgan fingerprint density at radius 3 is 2.58 bits per heavy atom. The lowest BCUT2D eigenvalue weighted by Gasteiger charge is -2.16. The van der Waals surface area contributed by atoms with Crippen LogP contribution in [0.25, 0.3) is 0 Å². The van der Waals surface area contributed by atoms with Crippen LogP contribution in [0.3, 0.4) is 0 Å². The molecule has 0 radical (unpaired) electrons. The van der Waals surface area contributed by atoms with Crippen LogP contribution in [0.15, 0.2) is 0 Å². The molecule has 110 valence electrons. The molecule has 1 N–H and O–H groups in total. The number of ether oxygens (including phenoxy) is 2. The minimum Gasteiger partial charge on any atom is -0.389 e. The van der Waals surface area contributed by atoms with Gasteiger partial charge in [0, 0.05) is 20.0 Å². The summed E-state index contributed by atoms with van der Waals surface area (Å²) in [6, 6.07) is 0. The van der Waals surface area contributed by atoms with Crippen LogP contribution >= 0.6 is 0 Å². The van der Waals surface area contributed by atoms with E-state index in [1.54, 1.807) is 11.8 Å². The van der Waals surface area contributed by atoms with Gasteiger partial charge in [0.25, 0.3) is 0 Å². The molecule has 19 heavy (non-hydrogen) atoms. The number of aromatic nitrogens is 3. The summed E-state index contributed by atoms with van der Waals surface area (Å²) in [7, 11) is 1.63. The van der Waals surface area contributed by atoms with E-state index in [1.807, 2.05) is 20.8 Å². The lowest BCUT2D eigenvalue weighted by Crippen LogP contribution is -2.27. The third-order valence-electron chi connectivity index (χ3n) is 2.78. The normalized spacial score (nSPS) is 14.6. The predicted molar refractivity (Wildman–Crippen MR) is 72.1 cm³/mol. The highest BCUT2D eigenvalue weighted by Crippen LogP contribution is 2.03. The lowest BCUT2D eigenvalue weighted by molar-refractivity contribution is -0.0366. The van der Waals surface area contributed by atoms with E-state index >= 15 is 0 Å². The van der Waals surface area contributed by atoms with Gasteiger partial charge in [-0.25, -0.2) is 9.67 Å². The largest absolute Gasteiger partial charge is 0.389 e. The fourth-order valence-corrected chi connectivity index (χ4v) is 1.79. The highest BCUT2D eigenvalue weighted by Gasteiger charge is 2.13. The average molecular weight is 271 g/mol.